The van der Waals surface area contributed by atoms with Gasteiger partial charge in [0, 0.05) is 37.2 Å². The fourth-order valence-corrected chi connectivity index (χ4v) is 4.49. The van der Waals surface area contributed by atoms with Crippen LogP contribution in [0.5, 0.6) is 0 Å². The standard InChI is InChI=1S/C17H27BrN4O2S.HI/c1-4-25(23,24)22-9-7-16(8-10-22)21-17(19-3)20-12-14-5-6-15(18)11-13(14)2;/h5-6,11,16H,4,7-10,12H2,1-3H3,(H2,19,20,21);1H. The molecule has 6 nitrogen and oxygen atoms in total. The normalized spacial score (nSPS) is 16.8. The van der Waals surface area contributed by atoms with Crippen LogP contribution in [0.4, 0.5) is 0 Å². The third kappa shape index (κ3) is 6.65. The van der Waals surface area contributed by atoms with Gasteiger partial charge in [-0.1, -0.05) is 22.0 Å². The number of sulfonamides is 1. The Labute approximate surface area is 182 Å². The summed E-state index contributed by atoms with van der Waals surface area (Å²) in [5.74, 6) is 0.917. The van der Waals surface area contributed by atoms with Gasteiger partial charge in [0.15, 0.2) is 5.96 Å². The van der Waals surface area contributed by atoms with Gasteiger partial charge in [-0.25, -0.2) is 12.7 Å². The van der Waals surface area contributed by atoms with E-state index < -0.39 is 10.0 Å². The van der Waals surface area contributed by atoms with Crippen LogP contribution in [0.25, 0.3) is 0 Å². The molecule has 2 rings (SSSR count). The second kappa shape index (κ2) is 10.8. The van der Waals surface area contributed by atoms with Gasteiger partial charge in [-0.2, -0.15) is 0 Å². The summed E-state index contributed by atoms with van der Waals surface area (Å²) < 4.78 is 26.5. The number of aryl methyl sites for hydroxylation is 1. The van der Waals surface area contributed by atoms with Crippen molar-refractivity contribution >= 4 is 55.9 Å². The van der Waals surface area contributed by atoms with E-state index in [4.69, 9.17) is 0 Å². The second-order valence-electron chi connectivity index (χ2n) is 6.21. The van der Waals surface area contributed by atoms with Crippen LogP contribution in [0, 0.1) is 6.92 Å². The molecule has 148 valence electrons. The molecule has 1 aromatic carbocycles. The van der Waals surface area contributed by atoms with E-state index in [1.807, 2.05) is 6.07 Å². The van der Waals surface area contributed by atoms with Gasteiger partial charge in [0.1, 0.15) is 0 Å². The van der Waals surface area contributed by atoms with Gasteiger partial charge in [0.05, 0.1) is 5.75 Å². The number of halogens is 2. The molecule has 1 aliphatic rings. The number of aliphatic imine (C=N–C) groups is 1. The Kier molecular flexibility index (Phi) is 9.84. The fourth-order valence-electron chi connectivity index (χ4n) is 2.89. The van der Waals surface area contributed by atoms with E-state index in [2.05, 4.69) is 50.6 Å². The van der Waals surface area contributed by atoms with Gasteiger partial charge in [-0.3, -0.25) is 4.99 Å². The zero-order valence-electron chi connectivity index (χ0n) is 15.5. The van der Waals surface area contributed by atoms with Crippen molar-refractivity contribution in [2.45, 2.75) is 39.3 Å². The summed E-state index contributed by atoms with van der Waals surface area (Å²) in [6, 6.07) is 6.45. The molecule has 0 radical (unpaired) electrons. The molecule has 0 spiro atoms. The number of piperidine rings is 1. The Balaban J connectivity index is 0.00000338. The Bertz CT molecular complexity index is 719. The minimum atomic E-state index is -3.08. The summed E-state index contributed by atoms with van der Waals surface area (Å²) in [5.41, 5.74) is 2.44. The van der Waals surface area contributed by atoms with Crippen molar-refractivity contribution in [3.05, 3.63) is 33.8 Å². The van der Waals surface area contributed by atoms with Crippen LogP contribution in [0.15, 0.2) is 27.7 Å². The van der Waals surface area contributed by atoms with Crippen LogP contribution < -0.4 is 10.6 Å². The summed E-state index contributed by atoms with van der Waals surface area (Å²) >= 11 is 3.48. The molecule has 1 saturated heterocycles. The van der Waals surface area contributed by atoms with Crippen LogP contribution >= 0.6 is 39.9 Å². The Morgan fingerprint density at radius 2 is 2.00 bits per heavy atom. The number of hydrogen-bond acceptors (Lipinski definition) is 3. The maximum Gasteiger partial charge on any atom is 0.213 e. The minimum Gasteiger partial charge on any atom is -0.354 e. The number of guanidine groups is 1. The lowest BCUT2D eigenvalue weighted by Crippen LogP contribution is -2.49. The summed E-state index contributed by atoms with van der Waals surface area (Å²) in [7, 11) is -1.33. The van der Waals surface area contributed by atoms with Crippen LogP contribution in [0.1, 0.15) is 30.9 Å². The topological polar surface area (TPSA) is 73.8 Å². The molecule has 9 heteroatoms. The van der Waals surface area contributed by atoms with Crippen molar-refractivity contribution in [2.24, 2.45) is 4.99 Å². The average molecular weight is 559 g/mol. The molecule has 26 heavy (non-hydrogen) atoms. The van der Waals surface area contributed by atoms with E-state index in [0.29, 0.717) is 19.6 Å². The van der Waals surface area contributed by atoms with E-state index in [1.165, 1.54) is 11.1 Å². The molecule has 0 aliphatic carbocycles. The van der Waals surface area contributed by atoms with Crippen LogP contribution in [-0.4, -0.2) is 50.6 Å². The lowest BCUT2D eigenvalue weighted by atomic mass is 10.1. The van der Waals surface area contributed by atoms with E-state index >= 15 is 0 Å². The van der Waals surface area contributed by atoms with E-state index in [0.717, 1.165) is 23.3 Å². The van der Waals surface area contributed by atoms with Gasteiger partial charge in [-0.05, 0) is 49.9 Å². The van der Waals surface area contributed by atoms with E-state index in [9.17, 15) is 8.42 Å². The molecule has 1 aliphatic heterocycles. The van der Waals surface area contributed by atoms with Crippen LogP contribution in [0.3, 0.4) is 0 Å². The largest absolute Gasteiger partial charge is 0.354 e. The number of rotatable bonds is 5. The smallest absolute Gasteiger partial charge is 0.213 e. The Hall–Kier alpha value is -0.390. The lowest BCUT2D eigenvalue weighted by Gasteiger charge is -2.32. The SMILES string of the molecule is CCS(=O)(=O)N1CCC(NC(=NC)NCc2ccc(Br)cc2C)CC1.I. The average Bonchev–Trinajstić information content (AvgIpc) is 2.60. The maximum atomic E-state index is 11.9. The summed E-state index contributed by atoms with van der Waals surface area (Å²) in [4.78, 5) is 4.28. The van der Waals surface area contributed by atoms with Crippen molar-refractivity contribution in [1.82, 2.24) is 14.9 Å². The van der Waals surface area contributed by atoms with Crippen molar-refractivity contribution in [3.8, 4) is 0 Å². The zero-order chi connectivity index (χ0) is 18.4. The third-order valence-corrected chi connectivity index (χ3v) is 6.90. The summed E-state index contributed by atoms with van der Waals surface area (Å²) in [5, 5.41) is 6.74. The van der Waals surface area contributed by atoms with E-state index in [-0.39, 0.29) is 35.8 Å². The molecule has 0 aromatic heterocycles. The molecule has 1 aromatic rings. The molecule has 0 amide bonds. The molecule has 0 unspecified atom stereocenters. The molecule has 1 fully saturated rings. The highest BCUT2D eigenvalue weighted by Gasteiger charge is 2.26. The fraction of sp³-hybridized carbons (Fsp3) is 0.588. The summed E-state index contributed by atoms with van der Waals surface area (Å²) in [6.45, 7) is 5.60. The first-order valence-corrected chi connectivity index (χ1v) is 11.0. The van der Waals surface area contributed by atoms with Crippen molar-refractivity contribution < 1.29 is 8.42 Å². The van der Waals surface area contributed by atoms with Gasteiger partial charge >= 0.3 is 0 Å². The third-order valence-electron chi connectivity index (χ3n) is 4.53. The lowest BCUT2D eigenvalue weighted by molar-refractivity contribution is 0.306. The number of hydrogen-bond donors (Lipinski definition) is 2. The number of nitrogens with zero attached hydrogens (tertiary/aromatic N) is 2. The van der Waals surface area contributed by atoms with E-state index in [1.54, 1.807) is 18.3 Å². The quantitative estimate of drug-likeness (QED) is 0.331. The van der Waals surface area contributed by atoms with Crippen LogP contribution in [0.2, 0.25) is 0 Å². The number of nitrogens with one attached hydrogen (secondary N) is 2. The predicted molar refractivity (Wildman–Crippen MR) is 122 cm³/mol. The first kappa shape index (κ1) is 23.6. The Morgan fingerprint density at radius 1 is 1.35 bits per heavy atom. The highest BCUT2D eigenvalue weighted by Crippen LogP contribution is 2.16. The molecule has 0 atom stereocenters. The van der Waals surface area contributed by atoms with Gasteiger partial charge in [0.25, 0.3) is 0 Å². The molecular formula is C17H28BrIN4O2S. The monoisotopic (exact) mass is 558 g/mol. The first-order valence-electron chi connectivity index (χ1n) is 8.55. The second-order valence-corrected chi connectivity index (χ2v) is 9.39. The zero-order valence-corrected chi connectivity index (χ0v) is 20.2. The van der Waals surface area contributed by atoms with Gasteiger partial charge in [0.2, 0.25) is 10.0 Å². The highest BCUT2D eigenvalue weighted by atomic mass is 127. The molecular weight excluding hydrogens is 531 g/mol. The first-order chi connectivity index (χ1) is 11.9. The molecule has 2 N–H and O–H groups in total. The predicted octanol–water partition coefficient (Wildman–Crippen LogP) is 2.85. The molecule has 1 heterocycles. The Morgan fingerprint density at radius 3 is 2.54 bits per heavy atom. The van der Waals surface area contributed by atoms with Crippen LogP contribution in [-0.2, 0) is 16.6 Å². The van der Waals surface area contributed by atoms with Crippen molar-refractivity contribution in [1.29, 1.82) is 0 Å². The maximum absolute atomic E-state index is 11.9. The van der Waals surface area contributed by atoms with Crippen molar-refractivity contribution in [3.63, 3.8) is 0 Å². The van der Waals surface area contributed by atoms with Crippen molar-refractivity contribution in [2.75, 3.05) is 25.9 Å². The highest BCUT2D eigenvalue weighted by molar-refractivity contribution is 14.0. The number of benzene rings is 1. The summed E-state index contributed by atoms with van der Waals surface area (Å²) in [6.07, 6.45) is 1.58. The molecule has 0 bridgehead atoms. The van der Waals surface area contributed by atoms with Gasteiger partial charge < -0.3 is 10.6 Å². The molecule has 0 saturated carbocycles. The van der Waals surface area contributed by atoms with Gasteiger partial charge in [-0.15, -0.1) is 24.0 Å². The minimum absolute atomic E-state index is 0.